The minimum atomic E-state index is 0.730. The van der Waals surface area contributed by atoms with E-state index in [1.54, 1.807) is 6.26 Å². The summed E-state index contributed by atoms with van der Waals surface area (Å²) in [5, 5.41) is 3.53. The van der Waals surface area contributed by atoms with Gasteiger partial charge in [0.1, 0.15) is 0 Å². The molecule has 0 radical (unpaired) electrons. The number of aryl methyl sites for hydroxylation is 1. The van der Waals surface area contributed by atoms with Crippen molar-refractivity contribution in [3.63, 3.8) is 0 Å². The average Bonchev–Trinajstić information content (AvgIpc) is 3.02. The maximum Gasteiger partial charge on any atom is 0.176 e. The summed E-state index contributed by atoms with van der Waals surface area (Å²) in [4.78, 5) is 4.70. The van der Waals surface area contributed by atoms with Crippen molar-refractivity contribution in [1.82, 2.24) is 14.9 Å². The number of aromatic nitrogens is 2. The Labute approximate surface area is 117 Å². The molecule has 0 spiro atoms. The molecule has 4 rings (SSSR count). The predicted molar refractivity (Wildman–Crippen MR) is 78.3 cm³/mol. The third kappa shape index (κ3) is 2.02. The first kappa shape index (κ1) is 11.7. The van der Waals surface area contributed by atoms with E-state index in [0.29, 0.717) is 0 Å². The van der Waals surface area contributed by atoms with E-state index < -0.39 is 0 Å². The van der Waals surface area contributed by atoms with E-state index in [4.69, 9.17) is 9.40 Å². The van der Waals surface area contributed by atoms with Gasteiger partial charge in [-0.2, -0.15) is 0 Å². The molecule has 2 aromatic heterocycles. The topological polar surface area (TPSA) is 43.0 Å². The second kappa shape index (κ2) is 4.49. The van der Waals surface area contributed by atoms with Crippen LogP contribution in [-0.2, 0) is 13.6 Å². The monoisotopic (exact) mass is 267 g/mol. The lowest BCUT2D eigenvalue weighted by Crippen LogP contribution is -2.15. The van der Waals surface area contributed by atoms with Crippen LogP contribution in [0.3, 0.4) is 0 Å². The summed E-state index contributed by atoms with van der Waals surface area (Å²) in [5.41, 5.74) is 3.44. The van der Waals surface area contributed by atoms with Crippen molar-refractivity contribution in [2.75, 3.05) is 0 Å². The molecule has 0 unspecified atom stereocenters. The maximum absolute atomic E-state index is 5.45. The van der Waals surface area contributed by atoms with Crippen molar-refractivity contribution in [2.45, 2.75) is 25.4 Å². The summed E-state index contributed by atoms with van der Waals surface area (Å²) in [6.07, 6.45) is 4.31. The van der Waals surface area contributed by atoms with E-state index in [2.05, 4.69) is 28.1 Å². The van der Waals surface area contributed by atoms with Gasteiger partial charge in [-0.3, -0.25) is 0 Å². The minimum Gasteiger partial charge on any atom is -0.461 e. The van der Waals surface area contributed by atoms with Crippen molar-refractivity contribution < 1.29 is 4.42 Å². The van der Waals surface area contributed by atoms with Gasteiger partial charge in [-0.25, -0.2) is 4.98 Å². The number of hydrogen-bond donors (Lipinski definition) is 1. The number of nitrogens with zero attached hydrogens (tertiary/aromatic N) is 2. The number of nitrogens with one attached hydrogen (secondary N) is 1. The number of furan rings is 1. The lowest BCUT2D eigenvalue weighted by atomic mass is 10.2. The van der Waals surface area contributed by atoms with Gasteiger partial charge >= 0.3 is 0 Å². The molecule has 4 nitrogen and oxygen atoms in total. The highest BCUT2D eigenvalue weighted by molar-refractivity contribution is 5.80. The van der Waals surface area contributed by atoms with Crippen molar-refractivity contribution in [2.24, 2.45) is 7.05 Å². The molecule has 0 aliphatic heterocycles. The van der Waals surface area contributed by atoms with Gasteiger partial charge < -0.3 is 14.3 Å². The highest BCUT2D eigenvalue weighted by Gasteiger charge is 2.20. The Bertz CT molecular complexity index is 739. The molecule has 4 heteroatoms. The zero-order valence-corrected chi connectivity index (χ0v) is 11.5. The Morgan fingerprint density at radius 1 is 1.35 bits per heavy atom. The minimum absolute atomic E-state index is 0.730. The third-order valence-corrected chi connectivity index (χ3v) is 3.86. The SMILES string of the molecule is Cn1c(-c2ccco2)nc2cc(CNC3CC3)ccc21. The molecule has 1 aliphatic rings. The Morgan fingerprint density at radius 3 is 3.00 bits per heavy atom. The molecular weight excluding hydrogens is 250 g/mol. The standard InChI is InChI=1S/C16H17N3O/c1-19-14-7-4-11(10-17-12-5-6-12)9-13(14)18-16(19)15-3-2-8-20-15/h2-4,7-9,12,17H,5-6,10H2,1H3. The van der Waals surface area contributed by atoms with E-state index in [0.717, 1.165) is 35.2 Å². The van der Waals surface area contributed by atoms with E-state index in [1.165, 1.54) is 18.4 Å². The zero-order chi connectivity index (χ0) is 13.5. The van der Waals surface area contributed by atoms with Crippen LogP contribution in [-0.4, -0.2) is 15.6 Å². The van der Waals surface area contributed by atoms with Crippen LogP contribution < -0.4 is 5.32 Å². The first-order valence-electron chi connectivity index (χ1n) is 7.04. The van der Waals surface area contributed by atoms with Gasteiger partial charge in [0.05, 0.1) is 17.3 Å². The summed E-state index contributed by atoms with van der Waals surface area (Å²) in [6, 6.07) is 11.0. The van der Waals surface area contributed by atoms with Crippen LogP contribution in [0, 0.1) is 0 Å². The quantitative estimate of drug-likeness (QED) is 0.790. The highest BCUT2D eigenvalue weighted by atomic mass is 16.3. The van der Waals surface area contributed by atoms with Gasteiger partial charge in [-0.05, 0) is 42.7 Å². The van der Waals surface area contributed by atoms with Gasteiger partial charge in [0.2, 0.25) is 0 Å². The Hall–Kier alpha value is -2.07. The molecule has 0 atom stereocenters. The third-order valence-electron chi connectivity index (χ3n) is 3.86. The van der Waals surface area contributed by atoms with Gasteiger partial charge in [-0.15, -0.1) is 0 Å². The van der Waals surface area contributed by atoms with Gasteiger partial charge in [0.15, 0.2) is 11.6 Å². The fourth-order valence-electron chi connectivity index (χ4n) is 2.53. The average molecular weight is 267 g/mol. The summed E-state index contributed by atoms with van der Waals surface area (Å²) in [7, 11) is 2.02. The van der Waals surface area contributed by atoms with E-state index >= 15 is 0 Å². The number of rotatable bonds is 4. The molecule has 0 saturated heterocycles. The smallest absolute Gasteiger partial charge is 0.176 e. The van der Waals surface area contributed by atoms with Crippen LogP contribution in [0.15, 0.2) is 41.0 Å². The highest BCUT2D eigenvalue weighted by Crippen LogP contribution is 2.25. The molecule has 20 heavy (non-hydrogen) atoms. The lowest BCUT2D eigenvalue weighted by molar-refractivity contribution is 0.574. The first-order valence-corrected chi connectivity index (χ1v) is 7.04. The molecule has 0 amide bonds. The summed E-state index contributed by atoms with van der Waals surface area (Å²) < 4.78 is 7.53. The van der Waals surface area contributed by atoms with Crippen LogP contribution in [0.2, 0.25) is 0 Å². The van der Waals surface area contributed by atoms with Crippen molar-refractivity contribution in [3.8, 4) is 11.6 Å². The van der Waals surface area contributed by atoms with E-state index in [9.17, 15) is 0 Å². The second-order valence-corrected chi connectivity index (χ2v) is 5.45. The van der Waals surface area contributed by atoms with Crippen LogP contribution in [0.1, 0.15) is 18.4 Å². The molecule has 102 valence electrons. The van der Waals surface area contributed by atoms with E-state index in [-0.39, 0.29) is 0 Å². The second-order valence-electron chi connectivity index (χ2n) is 5.45. The molecular formula is C16H17N3O. The number of fused-ring (bicyclic) bond motifs is 1. The Kier molecular flexibility index (Phi) is 2.63. The molecule has 1 fully saturated rings. The fourth-order valence-corrected chi connectivity index (χ4v) is 2.53. The van der Waals surface area contributed by atoms with Crippen LogP contribution in [0.25, 0.3) is 22.6 Å². The van der Waals surface area contributed by atoms with Gasteiger partial charge in [-0.1, -0.05) is 6.07 Å². The van der Waals surface area contributed by atoms with Crippen LogP contribution >= 0.6 is 0 Å². The van der Waals surface area contributed by atoms with Crippen LogP contribution in [0.4, 0.5) is 0 Å². The zero-order valence-electron chi connectivity index (χ0n) is 11.5. The number of hydrogen-bond acceptors (Lipinski definition) is 3. The van der Waals surface area contributed by atoms with Gasteiger partial charge in [0, 0.05) is 19.6 Å². The Balaban J connectivity index is 1.71. The van der Waals surface area contributed by atoms with Crippen molar-refractivity contribution >= 4 is 11.0 Å². The number of imidazole rings is 1. The molecule has 1 aliphatic carbocycles. The fraction of sp³-hybridized carbons (Fsp3) is 0.312. The number of benzene rings is 1. The van der Waals surface area contributed by atoms with Crippen LogP contribution in [0.5, 0.6) is 0 Å². The van der Waals surface area contributed by atoms with Gasteiger partial charge in [0.25, 0.3) is 0 Å². The maximum atomic E-state index is 5.45. The van der Waals surface area contributed by atoms with E-state index in [1.807, 2.05) is 19.2 Å². The van der Waals surface area contributed by atoms with Crippen molar-refractivity contribution in [3.05, 3.63) is 42.2 Å². The lowest BCUT2D eigenvalue weighted by Gasteiger charge is -2.03. The molecule has 1 saturated carbocycles. The predicted octanol–water partition coefficient (Wildman–Crippen LogP) is 3.09. The molecule has 2 heterocycles. The summed E-state index contributed by atoms with van der Waals surface area (Å²) in [6.45, 7) is 0.924. The largest absolute Gasteiger partial charge is 0.461 e. The molecule has 1 N–H and O–H groups in total. The Morgan fingerprint density at radius 2 is 2.25 bits per heavy atom. The van der Waals surface area contributed by atoms with Crippen molar-refractivity contribution in [1.29, 1.82) is 0 Å². The summed E-state index contributed by atoms with van der Waals surface area (Å²) in [5.74, 6) is 1.68. The first-order chi connectivity index (χ1) is 9.81. The molecule has 0 bridgehead atoms. The molecule has 1 aromatic carbocycles. The normalized spacial score (nSPS) is 15.1. The summed E-state index contributed by atoms with van der Waals surface area (Å²) >= 11 is 0. The molecule has 3 aromatic rings.